The first kappa shape index (κ1) is 15.8. The predicted octanol–water partition coefficient (Wildman–Crippen LogP) is 2.77. The average Bonchev–Trinajstić information content (AvgIpc) is 2.33. The molecule has 1 aromatic rings. The zero-order valence-corrected chi connectivity index (χ0v) is 11.8. The van der Waals surface area contributed by atoms with Gasteiger partial charge in [-0.2, -0.15) is 0 Å². The molecule has 0 bridgehead atoms. The fourth-order valence-electron chi connectivity index (χ4n) is 1.97. The molecule has 0 fully saturated rings. The van der Waals surface area contributed by atoms with Gasteiger partial charge in [-0.15, -0.1) is 0 Å². The topological polar surface area (TPSA) is 47.0 Å². The molecule has 0 aliphatic carbocycles. The van der Waals surface area contributed by atoms with E-state index in [2.05, 4.69) is 29.1 Å². The van der Waals surface area contributed by atoms with Crippen LogP contribution in [0.25, 0.3) is 0 Å². The molecule has 19 heavy (non-hydrogen) atoms. The summed E-state index contributed by atoms with van der Waals surface area (Å²) in [7, 11) is 1.81. The van der Waals surface area contributed by atoms with E-state index in [1.165, 1.54) is 0 Å². The fourth-order valence-corrected chi connectivity index (χ4v) is 1.97. The number of nitrogens with zero attached hydrogens (tertiary/aromatic N) is 2. The highest BCUT2D eigenvalue weighted by molar-refractivity contribution is 5.47. The molecule has 6 heteroatoms. The first-order chi connectivity index (χ1) is 8.95. The van der Waals surface area contributed by atoms with Gasteiger partial charge in [0.15, 0.2) is 0 Å². The van der Waals surface area contributed by atoms with Crippen LogP contribution in [0.15, 0.2) is 0 Å². The summed E-state index contributed by atoms with van der Waals surface area (Å²) in [4.78, 5) is 8.80. The number of halogens is 2. The minimum Gasteiger partial charge on any atom is -0.375 e. The van der Waals surface area contributed by atoms with Gasteiger partial charge in [0.2, 0.25) is 0 Å². The number of rotatable bonds is 7. The van der Waals surface area contributed by atoms with Crippen LogP contribution in [-0.2, 0) is 11.2 Å². The lowest BCUT2D eigenvalue weighted by Crippen LogP contribution is -2.12. The third-order valence-electron chi connectivity index (χ3n) is 2.71. The van der Waals surface area contributed by atoms with Crippen LogP contribution in [0.2, 0.25) is 0 Å². The number of anilines is 1. The number of hydrogen-bond donors (Lipinski definition) is 1. The molecule has 0 unspecified atom stereocenters. The third-order valence-corrected chi connectivity index (χ3v) is 2.71. The summed E-state index contributed by atoms with van der Waals surface area (Å²) in [6.07, 6.45) is -2.00. The Bertz CT molecular complexity index is 411. The Morgan fingerprint density at radius 2 is 1.95 bits per heavy atom. The maximum Gasteiger partial charge on any atom is 0.261 e. The molecule has 1 N–H and O–H groups in total. The minimum absolute atomic E-state index is 0.202. The van der Waals surface area contributed by atoms with Crippen molar-refractivity contribution in [1.82, 2.24) is 9.97 Å². The van der Waals surface area contributed by atoms with Crippen molar-refractivity contribution < 1.29 is 13.5 Å². The van der Waals surface area contributed by atoms with Crippen LogP contribution in [0.3, 0.4) is 0 Å². The van der Waals surface area contributed by atoms with E-state index in [1.54, 1.807) is 0 Å². The van der Waals surface area contributed by atoms with Gasteiger partial charge >= 0.3 is 0 Å². The maximum absolute atomic E-state index is 11.9. The Labute approximate surface area is 112 Å². The van der Waals surface area contributed by atoms with Crippen LogP contribution in [0.1, 0.15) is 36.8 Å². The fraction of sp³-hybridized carbons (Fsp3) is 0.692. The molecule has 0 aliphatic heterocycles. The second-order valence-corrected chi connectivity index (χ2v) is 4.61. The number of aryl methyl sites for hydroxylation is 1. The lowest BCUT2D eigenvalue weighted by molar-refractivity contribution is 0.0183. The van der Waals surface area contributed by atoms with Gasteiger partial charge in [-0.25, -0.2) is 18.7 Å². The molecule has 0 aliphatic rings. The van der Waals surface area contributed by atoms with Crippen molar-refractivity contribution in [1.29, 1.82) is 0 Å². The molecule has 1 aromatic heterocycles. The molecule has 0 saturated carbocycles. The quantitative estimate of drug-likeness (QED) is 0.776. The SMILES string of the molecule is CNc1nc(CCOCC(F)F)nc(C)c1C(C)C. The molecule has 0 atom stereocenters. The summed E-state index contributed by atoms with van der Waals surface area (Å²) in [6, 6.07) is 0. The van der Waals surface area contributed by atoms with E-state index in [9.17, 15) is 8.78 Å². The van der Waals surface area contributed by atoms with E-state index in [-0.39, 0.29) is 6.61 Å². The van der Waals surface area contributed by atoms with Crippen molar-refractivity contribution in [2.75, 3.05) is 25.6 Å². The maximum atomic E-state index is 11.9. The Kier molecular flexibility index (Phi) is 6.08. The van der Waals surface area contributed by atoms with Crippen LogP contribution >= 0.6 is 0 Å². The van der Waals surface area contributed by atoms with Crippen molar-refractivity contribution in [2.45, 2.75) is 39.5 Å². The predicted molar refractivity (Wildman–Crippen MR) is 70.9 cm³/mol. The highest BCUT2D eigenvalue weighted by Gasteiger charge is 2.13. The van der Waals surface area contributed by atoms with Crippen molar-refractivity contribution in [3.63, 3.8) is 0 Å². The van der Waals surface area contributed by atoms with Crippen LogP contribution in [-0.4, -0.2) is 36.7 Å². The van der Waals surface area contributed by atoms with Crippen molar-refractivity contribution >= 4 is 5.82 Å². The van der Waals surface area contributed by atoms with E-state index in [4.69, 9.17) is 4.74 Å². The number of aromatic nitrogens is 2. The Balaban J connectivity index is 2.73. The molecule has 0 saturated heterocycles. The smallest absolute Gasteiger partial charge is 0.261 e. The highest BCUT2D eigenvalue weighted by Crippen LogP contribution is 2.24. The molecule has 1 rings (SSSR count). The first-order valence-electron chi connectivity index (χ1n) is 6.36. The van der Waals surface area contributed by atoms with Crippen LogP contribution < -0.4 is 5.32 Å². The number of ether oxygens (including phenoxy) is 1. The van der Waals surface area contributed by atoms with Gasteiger partial charge in [-0.3, -0.25) is 0 Å². The van der Waals surface area contributed by atoms with E-state index in [0.717, 1.165) is 17.1 Å². The van der Waals surface area contributed by atoms with Crippen LogP contribution in [0.5, 0.6) is 0 Å². The lowest BCUT2D eigenvalue weighted by Gasteiger charge is -2.15. The van der Waals surface area contributed by atoms with Gasteiger partial charge in [0.25, 0.3) is 6.43 Å². The molecule has 0 spiro atoms. The van der Waals surface area contributed by atoms with Gasteiger partial charge < -0.3 is 10.1 Å². The zero-order chi connectivity index (χ0) is 14.4. The third kappa shape index (κ3) is 4.70. The number of alkyl halides is 2. The molecule has 1 heterocycles. The Morgan fingerprint density at radius 1 is 1.26 bits per heavy atom. The summed E-state index contributed by atoms with van der Waals surface area (Å²) in [5, 5.41) is 3.05. The van der Waals surface area contributed by atoms with Gasteiger partial charge in [0.05, 0.1) is 6.61 Å². The van der Waals surface area contributed by atoms with E-state index in [0.29, 0.717) is 18.2 Å². The van der Waals surface area contributed by atoms with Crippen molar-refractivity contribution in [2.24, 2.45) is 0 Å². The second kappa shape index (κ2) is 7.33. The lowest BCUT2D eigenvalue weighted by atomic mass is 10.0. The number of hydrogen-bond acceptors (Lipinski definition) is 4. The summed E-state index contributed by atoms with van der Waals surface area (Å²) in [5.41, 5.74) is 2.00. The van der Waals surface area contributed by atoms with Gasteiger partial charge in [0.1, 0.15) is 18.2 Å². The standard InChI is InChI=1S/C13H21F2N3O/c1-8(2)12-9(3)17-11(18-13(12)16-4)5-6-19-7-10(14)15/h8,10H,5-7H2,1-4H3,(H,16,17,18). The molecule has 0 radical (unpaired) electrons. The van der Waals surface area contributed by atoms with Crippen molar-refractivity contribution in [3.8, 4) is 0 Å². The van der Waals surface area contributed by atoms with E-state index in [1.807, 2.05) is 14.0 Å². The largest absolute Gasteiger partial charge is 0.375 e. The Morgan fingerprint density at radius 3 is 2.47 bits per heavy atom. The summed E-state index contributed by atoms with van der Waals surface area (Å²) in [5.74, 6) is 1.73. The zero-order valence-electron chi connectivity index (χ0n) is 11.8. The van der Waals surface area contributed by atoms with Crippen LogP contribution in [0.4, 0.5) is 14.6 Å². The molecular weight excluding hydrogens is 252 g/mol. The molecule has 4 nitrogen and oxygen atoms in total. The molecular formula is C13H21F2N3O. The molecule has 0 amide bonds. The van der Waals surface area contributed by atoms with E-state index < -0.39 is 13.0 Å². The monoisotopic (exact) mass is 273 g/mol. The van der Waals surface area contributed by atoms with Gasteiger partial charge in [-0.1, -0.05) is 13.8 Å². The Hall–Kier alpha value is -1.30. The average molecular weight is 273 g/mol. The summed E-state index contributed by atoms with van der Waals surface area (Å²) >= 11 is 0. The van der Waals surface area contributed by atoms with Crippen molar-refractivity contribution in [3.05, 3.63) is 17.1 Å². The highest BCUT2D eigenvalue weighted by atomic mass is 19.3. The summed E-state index contributed by atoms with van der Waals surface area (Å²) in [6.45, 7) is 5.76. The number of nitrogens with one attached hydrogen (secondary N) is 1. The van der Waals surface area contributed by atoms with Gasteiger partial charge in [0, 0.05) is 24.7 Å². The normalized spacial score (nSPS) is 11.4. The summed E-state index contributed by atoms with van der Waals surface area (Å²) < 4.78 is 28.7. The van der Waals surface area contributed by atoms with Crippen LogP contribution in [0, 0.1) is 6.92 Å². The minimum atomic E-state index is -2.43. The molecule has 108 valence electrons. The van der Waals surface area contributed by atoms with E-state index >= 15 is 0 Å². The molecule has 0 aromatic carbocycles. The first-order valence-corrected chi connectivity index (χ1v) is 6.36. The van der Waals surface area contributed by atoms with Gasteiger partial charge in [-0.05, 0) is 12.8 Å². The second-order valence-electron chi connectivity index (χ2n) is 4.61.